The molecule has 0 saturated heterocycles. The van der Waals surface area contributed by atoms with E-state index in [2.05, 4.69) is 0 Å². The lowest BCUT2D eigenvalue weighted by Gasteiger charge is -1.99. The maximum Gasteiger partial charge on any atom is 0.151 e. The number of hydrogen-bond acceptors (Lipinski definition) is 5. The van der Waals surface area contributed by atoms with Crippen molar-refractivity contribution in [3.8, 4) is 0 Å². The van der Waals surface area contributed by atoms with Crippen LogP contribution in [0, 0.1) is 10.8 Å². The lowest BCUT2D eigenvalue weighted by molar-refractivity contribution is -0.118. The number of amidine groups is 2. The van der Waals surface area contributed by atoms with E-state index in [1.165, 1.54) is 23.5 Å². The summed E-state index contributed by atoms with van der Waals surface area (Å²) >= 11 is 2.33. The minimum atomic E-state index is 0. The normalized spacial score (nSPS) is 9.07. The second-order valence-corrected chi connectivity index (χ2v) is 4.74. The topological polar surface area (TPSA) is 117 Å². The van der Waals surface area contributed by atoms with Crippen molar-refractivity contribution in [3.05, 3.63) is 0 Å². The summed E-state index contributed by atoms with van der Waals surface area (Å²) in [4.78, 5) is 11.2. The summed E-state index contributed by atoms with van der Waals surface area (Å²) in [7, 11) is 0. The number of nitrogens with one attached hydrogen (secondary N) is 2. The number of hydrogen-bond donors (Lipinski definition) is 4. The van der Waals surface area contributed by atoms with Crippen molar-refractivity contribution in [2.24, 2.45) is 11.5 Å². The fourth-order valence-electron chi connectivity index (χ4n) is 0.675. The van der Waals surface area contributed by atoms with Crippen LogP contribution in [-0.2, 0) is 4.79 Å². The van der Waals surface area contributed by atoms with Gasteiger partial charge in [-0.25, -0.2) is 0 Å². The quantitative estimate of drug-likeness (QED) is 0.424. The molecular formula is C7H15ClN4OS2. The molecular weight excluding hydrogens is 256 g/mol. The molecule has 0 aromatic carbocycles. The van der Waals surface area contributed by atoms with E-state index in [9.17, 15) is 4.79 Å². The Hall–Kier alpha value is -0.400. The zero-order valence-electron chi connectivity index (χ0n) is 8.12. The van der Waals surface area contributed by atoms with Gasteiger partial charge in [0.05, 0.1) is 0 Å². The van der Waals surface area contributed by atoms with Crippen LogP contribution in [0.2, 0.25) is 0 Å². The predicted octanol–water partition coefficient (Wildman–Crippen LogP) is 1.01. The van der Waals surface area contributed by atoms with Crippen molar-refractivity contribution in [1.29, 1.82) is 10.8 Å². The maximum absolute atomic E-state index is 11.2. The molecule has 8 heteroatoms. The smallest absolute Gasteiger partial charge is 0.151 e. The highest BCUT2D eigenvalue weighted by atomic mass is 35.5. The summed E-state index contributed by atoms with van der Waals surface area (Å²) in [5.41, 5.74) is 10.2. The monoisotopic (exact) mass is 270 g/mol. The molecule has 0 rings (SSSR count). The van der Waals surface area contributed by atoms with Gasteiger partial charge in [0.1, 0.15) is 5.78 Å². The molecule has 0 atom stereocenters. The summed E-state index contributed by atoms with van der Waals surface area (Å²) in [6.07, 6.45) is 0.839. The SMILES string of the molecule is Cl.N=C(N)SCCC(=O)CCSC(=N)N. The fraction of sp³-hybridized carbons (Fsp3) is 0.571. The first-order chi connectivity index (χ1) is 6.52. The van der Waals surface area contributed by atoms with E-state index in [4.69, 9.17) is 22.3 Å². The molecule has 5 nitrogen and oxygen atoms in total. The summed E-state index contributed by atoms with van der Waals surface area (Å²) in [5.74, 6) is 1.23. The van der Waals surface area contributed by atoms with Gasteiger partial charge >= 0.3 is 0 Å². The Morgan fingerprint density at radius 2 is 1.33 bits per heavy atom. The Labute approximate surface area is 104 Å². The summed E-state index contributed by atoms with van der Waals surface area (Å²) in [5, 5.41) is 13.9. The second-order valence-electron chi connectivity index (χ2n) is 2.46. The van der Waals surface area contributed by atoms with E-state index in [0.29, 0.717) is 24.3 Å². The minimum absolute atomic E-state index is 0. The Bertz CT molecular complexity index is 215. The van der Waals surface area contributed by atoms with E-state index < -0.39 is 0 Å². The largest absolute Gasteiger partial charge is 0.379 e. The van der Waals surface area contributed by atoms with Gasteiger partial charge in [0.2, 0.25) is 0 Å². The zero-order valence-corrected chi connectivity index (χ0v) is 10.6. The van der Waals surface area contributed by atoms with Crippen molar-refractivity contribution >= 4 is 52.0 Å². The average molecular weight is 271 g/mol. The van der Waals surface area contributed by atoms with Crippen LogP contribution in [0.4, 0.5) is 0 Å². The van der Waals surface area contributed by atoms with Gasteiger partial charge in [-0.1, -0.05) is 23.5 Å². The molecule has 0 heterocycles. The molecule has 6 N–H and O–H groups in total. The Balaban J connectivity index is 0. The molecule has 0 aliphatic carbocycles. The summed E-state index contributed by atoms with van der Waals surface area (Å²) < 4.78 is 0. The van der Waals surface area contributed by atoms with Gasteiger partial charge in [0.15, 0.2) is 10.3 Å². The van der Waals surface area contributed by atoms with E-state index in [0.717, 1.165) is 0 Å². The van der Waals surface area contributed by atoms with Gasteiger partial charge in [-0.05, 0) is 0 Å². The molecule has 0 amide bonds. The minimum Gasteiger partial charge on any atom is -0.379 e. The van der Waals surface area contributed by atoms with Gasteiger partial charge in [-0.3, -0.25) is 15.6 Å². The molecule has 0 bridgehead atoms. The number of carbonyl (C=O) groups excluding carboxylic acids is 1. The molecule has 0 aliphatic heterocycles. The van der Waals surface area contributed by atoms with Crippen molar-refractivity contribution in [1.82, 2.24) is 0 Å². The van der Waals surface area contributed by atoms with E-state index in [1.54, 1.807) is 0 Å². The highest BCUT2D eigenvalue weighted by molar-refractivity contribution is 8.13. The van der Waals surface area contributed by atoms with Crippen molar-refractivity contribution in [2.75, 3.05) is 11.5 Å². The molecule has 0 spiro atoms. The number of ketones is 1. The van der Waals surface area contributed by atoms with Gasteiger partial charge in [0, 0.05) is 24.3 Å². The summed E-state index contributed by atoms with van der Waals surface area (Å²) in [6, 6.07) is 0. The van der Waals surface area contributed by atoms with Crippen molar-refractivity contribution in [3.63, 3.8) is 0 Å². The van der Waals surface area contributed by atoms with Crippen LogP contribution in [0.5, 0.6) is 0 Å². The molecule has 15 heavy (non-hydrogen) atoms. The molecule has 0 saturated carbocycles. The molecule has 0 unspecified atom stereocenters. The molecule has 0 fully saturated rings. The van der Waals surface area contributed by atoms with Crippen LogP contribution in [0.3, 0.4) is 0 Å². The Morgan fingerprint density at radius 1 is 1.00 bits per heavy atom. The number of rotatable bonds is 6. The van der Waals surface area contributed by atoms with Crippen molar-refractivity contribution < 1.29 is 4.79 Å². The molecule has 0 aliphatic rings. The number of nitrogens with two attached hydrogens (primary N) is 2. The standard InChI is InChI=1S/C7H14N4OS2.ClH/c8-6(9)13-3-1-5(12)2-4-14-7(10)11;/h1-4H2,(H3,8,9)(H3,10,11);1H. The van der Waals surface area contributed by atoms with Crippen LogP contribution in [0.15, 0.2) is 0 Å². The fourth-order valence-corrected chi connectivity index (χ4v) is 1.77. The van der Waals surface area contributed by atoms with E-state index in [-0.39, 0.29) is 28.5 Å². The van der Waals surface area contributed by atoms with Gasteiger partial charge in [-0.15, -0.1) is 12.4 Å². The lowest BCUT2D eigenvalue weighted by Crippen LogP contribution is -2.09. The number of halogens is 1. The van der Waals surface area contributed by atoms with Crippen LogP contribution in [0.25, 0.3) is 0 Å². The summed E-state index contributed by atoms with van der Waals surface area (Å²) in [6.45, 7) is 0. The number of carbonyl (C=O) groups is 1. The van der Waals surface area contributed by atoms with Crippen LogP contribution in [0.1, 0.15) is 12.8 Å². The zero-order chi connectivity index (χ0) is 11.0. The molecule has 0 radical (unpaired) electrons. The second kappa shape index (κ2) is 10.1. The Morgan fingerprint density at radius 3 is 1.60 bits per heavy atom. The third-order valence-electron chi connectivity index (χ3n) is 1.28. The van der Waals surface area contributed by atoms with Crippen LogP contribution in [-0.4, -0.2) is 27.6 Å². The van der Waals surface area contributed by atoms with Crippen molar-refractivity contribution in [2.45, 2.75) is 12.8 Å². The van der Waals surface area contributed by atoms with Gasteiger partial charge in [0.25, 0.3) is 0 Å². The molecule has 0 aromatic heterocycles. The van der Waals surface area contributed by atoms with Crippen LogP contribution < -0.4 is 11.5 Å². The number of Topliss-reactive ketones (excluding diaryl/α,β-unsaturated/α-hetero) is 1. The maximum atomic E-state index is 11.2. The van der Waals surface area contributed by atoms with Crippen LogP contribution >= 0.6 is 35.9 Å². The first-order valence-electron chi connectivity index (χ1n) is 3.97. The predicted molar refractivity (Wildman–Crippen MR) is 70.2 cm³/mol. The highest BCUT2D eigenvalue weighted by Crippen LogP contribution is 2.06. The van der Waals surface area contributed by atoms with E-state index >= 15 is 0 Å². The first-order valence-corrected chi connectivity index (χ1v) is 5.95. The third-order valence-corrected chi connectivity index (χ3v) is 2.72. The Kier molecular flexibility index (Phi) is 11.5. The van der Waals surface area contributed by atoms with E-state index in [1.807, 2.05) is 0 Å². The number of thioether (sulfide) groups is 2. The lowest BCUT2D eigenvalue weighted by atomic mass is 10.2. The highest BCUT2D eigenvalue weighted by Gasteiger charge is 2.03. The van der Waals surface area contributed by atoms with Gasteiger partial charge in [-0.2, -0.15) is 0 Å². The molecule has 0 aromatic rings. The third kappa shape index (κ3) is 13.6. The van der Waals surface area contributed by atoms with Gasteiger partial charge < -0.3 is 11.5 Å². The molecule has 88 valence electrons. The average Bonchev–Trinajstić information content (AvgIpc) is 2.02. The first kappa shape index (κ1) is 17.0.